The van der Waals surface area contributed by atoms with Gasteiger partial charge in [0.1, 0.15) is 5.82 Å². The van der Waals surface area contributed by atoms with Gasteiger partial charge >= 0.3 is 5.69 Å². The molecule has 2 heterocycles. The van der Waals surface area contributed by atoms with Crippen LogP contribution in [0.25, 0.3) is 11.2 Å². The molecule has 6 heteroatoms. The number of imidazole rings is 1. The highest BCUT2D eigenvalue weighted by Crippen LogP contribution is 2.17. The normalized spacial score (nSPS) is 12.3. The Bertz CT molecular complexity index is 1210. The van der Waals surface area contributed by atoms with Gasteiger partial charge in [0, 0.05) is 12.5 Å². The number of nitrogens with one attached hydrogen (secondary N) is 2. The average molecular weight is 388 g/mol. The molecule has 2 aromatic heterocycles. The molecule has 4 rings (SSSR count). The molecule has 1 atom stereocenters. The smallest absolute Gasteiger partial charge is 0.308 e. The van der Waals surface area contributed by atoms with Crippen LogP contribution in [0.4, 0.5) is 0 Å². The number of fused-ring (bicyclic) bond motifs is 1. The first kappa shape index (κ1) is 18.9. The van der Waals surface area contributed by atoms with Crippen LogP contribution in [-0.2, 0) is 12.8 Å². The topological polar surface area (TPSA) is 83.5 Å². The quantitative estimate of drug-likeness (QED) is 0.507. The lowest BCUT2D eigenvalue weighted by Gasteiger charge is -2.13. The van der Waals surface area contributed by atoms with Gasteiger partial charge in [-0.15, -0.1) is 0 Å². The summed E-state index contributed by atoms with van der Waals surface area (Å²) in [5.74, 6) is 0.554. The lowest BCUT2D eigenvalue weighted by atomic mass is 10.1. The van der Waals surface area contributed by atoms with Crippen LogP contribution in [0.1, 0.15) is 42.8 Å². The minimum absolute atomic E-state index is 0.0566. The van der Waals surface area contributed by atoms with Gasteiger partial charge in [0.15, 0.2) is 11.2 Å². The Balaban J connectivity index is 1.58. The second kappa shape index (κ2) is 8.31. The van der Waals surface area contributed by atoms with Crippen molar-refractivity contribution in [2.75, 3.05) is 0 Å². The second-order valence-electron chi connectivity index (χ2n) is 7.40. The number of hydrogen-bond acceptors (Lipinski definition) is 3. The molecule has 0 fully saturated rings. The van der Waals surface area contributed by atoms with E-state index in [2.05, 4.69) is 27.1 Å². The zero-order valence-electron chi connectivity index (χ0n) is 16.4. The first-order valence-electron chi connectivity index (χ1n) is 9.93. The Morgan fingerprint density at radius 1 is 0.931 bits per heavy atom. The first-order chi connectivity index (χ1) is 14.1. The Kier molecular flexibility index (Phi) is 5.42. The molecule has 0 saturated heterocycles. The minimum Gasteiger partial charge on any atom is -0.308 e. The highest BCUT2D eigenvalue weighted by molar-refractivity contribution is 5.69. The molecular formula is C23H24N4O2. The number of aromatic nitrogens is 4. The van der Waals surface area contributed by atoms with Crippen molar-refractivity contribution in [3.8, 4) is 0 Å². The summed E-state index contributed by atoms with van der Waals surface area (Å²) < 4.78 is 1.62. The Labute approximate surface area is 168 Å². The molecule has 0 aliphatic rings. The van der Waals surface area contributed by atoms with Gasteiger partial charge in [-0.2, -0.15) is 0 Å². The van der Waals surface area contributed by atoms with Crippen LogP contribution >= 0.6 is 0 Å². The molecule has 0 saturated carbocycles. The molecule has 29 heavy (non-hydrogen) atoms. The molecular weight excluding hydrogens is 364 g/mol. The van der Waals surface area contributed by atoms with Gasteiger partial charge < -0.3 is 4.98 Å². The molecule has 0 radical (unpaired) electrons. The highest BCUT2D eigenvalue weighted by Gasteiger charge is 2.17. The summed E-state index contributed by atoms with van der Waals surface area (Å²) in [4.78, 5) is 35.1. The largest absolute Gasteiger partial charge is 0.328 e. The second-order valence-corrected chi connectivity index (χ2v) is 7.40. The number of benzene rings is 2. The van der Waals surface area contributed by atoms with E-state index in [1.165, 1.54) is 5.56 Å². The fraction of sp³-hybridized carbons (Fsp3) is 0.261. The third-order valence-electron chi connectivity index (χ3n) is 5.21. The summed E-state index contributed by atoms with van der Waals surface area (Å²) in [5, 5.41) is 0. The maximum atomic E-state index is 12.5. The number of aryl methyl sites for hydroxylation is 1. The summed E-state index contributed by atoms with van der Waals surface area (Å²) in [7, 11) is 0. The van der Waals surface area contributed by atoms with Gasteiger partial charge in [0.2, 0.25) is 0 Å². The SMILES string of the molecule is CC(CCCc1ccccc1)n1c(=O)[nH]c2c(=O)[nH]c(Cc3ccccc3)nc21. The fourth-order valence-corrected chi connectivity index (χ4v) is 3.71. The van der Waals surface area contributed by atoms with Crippen molar-refractivity contribution in [2.45, 2.75) is 38.6 Å². The van der Waals surface area contributed by atoms with Gasteiger partial charge in [-0.25, -0.2) is 9.78 Å². The van der Waals surface area contributed by atoms with Crippen molar-refractivity contribution in [3.05, 3.63) is 98.5 Å². The standard InChI is InChI=1S/C23H24N4O2/c1-16(9-8-14-17-10-4-2-5-11-17)27-21-20(26-23(27)29)22(28)25-19(24-21)15-18-12-6-3-7-13-18/h2-7,10-13,16H,8-9,14-15H2,1H3,(H,26,29)(H,24,25,28). The Hall–Kier alpha value is -3.41. The fourth-order valence-electron chi connectivity index (χ4n) is 3.71. The van der Waals surface area contributed by atoms with Crippen molar-refractivity contribution in [3.63, 3.8) is 0 Å². The van der Waals surface area contributed by atoms with E-state index in [1.54, 1.807) is 4.57 Å². The zero-order chi connectivity index (χ0) is 20.2. The van der Waals surface area contributed by atoms with E-state index in [9.17, 15) is 9.59 Å². The first-order valence-corrected chi connectivity index (χ1v) is 9.93. The zero-order valence-corrected chi connectivity index (χ0v) is 16.4. The van der Waals surface area contributed by atoms with Gasteiger partial charge in [-0.3, -0.25) is 14.3 Å². The molecule has 6 nitrogen and oxygen atoms in total. The van der Waals surface area contributed by atoms with Crippen molar-refractivity contribution in [1.82, 2.24) is 19.5 Å². The summed E-state index contributed by atoms with van der Waals surface area (Å²) in [6.07, 6.45) is 3.23. The molecule has 1 unspecified atom stereocenters. The van der Waals surface area contributed by atoms with Crippen LogP contribution in [0.5, 0.6) is 0 Å². The summed E-state index contributed by atoms with van der Waals surface area (Å²) in [6.45, 7) is 2.00. The number of nitrogens with zero attached hydrogens (tertiary/aromatic N) is 2. The Morgan fingerprint density at radius 3 is 2.28 bits per heavy atom. The van der Waals surface area contributed by atoms with Crippen molar-refractivity contribution < 1.29 is 0 Å². The lowest BCUT2D eigenvalue weighted by molar-refractivity contribution is 0.485. The summed E-state index contributed by atoms with van der Waals surface area (Å²) in [5.41, 5.74) is 2.40. The van der Waals surface area contributed by atoms with Crippen molar-refractivity contribution >= 4 is 11.2 Å². The van der Waals surface area contributed by atoms with Crippen LogP contribution < -0.4 is 11.2 Å². The lowest BCUT2D eigenvalue weighted by Crippen LogP contribution is -2.21. The molecule has 4 aromatic rings. The molecule has 0 aliphatic carbocycles. The monoisotopic (exact) mass is 388 g/mol. The molecule has 2 aromatic carbocycles. The minimum atomic E-state index is -0.312. The van der Waals surface area contributed by atoms with Crippen molar-refractivity contribution in [1.29, 1.82) is 0 Å². The van der Waals surface area contributed by atoms with Crippen LogP contribution in [0, 0.1) is 0 Å². The van der Waals surface area contributed by atoms with E-state index >= 15 is 0 Å². The maximum Gasteiger partial charge on any atom is 0.328 e. The average Bonchev–Trinajstić information content (AvgIpc) is 3.06. The van der Waals surface area contributed by atoms with Crippen molar-refractivity contribution in [2.24, 2.45) is 0 Å². The van der Waals surface area contributed by atoms with Gasteiger partial charge in [-0.1, -0.05) is 60.7 Å². The van der Waals surface area contributed by atoms with E-state index in [-0.39, 0.29) is 22.8 Å². The van der Waals surface area contributed by atoms with E-state index in [0.29, 0.717) is 17.9 Å². The molecule has 0 amide bonds. The maximum absolute atomic E-state index is 12.5. The Morgan fingerprint density at radius 2 is 1.59 bits per heavy atom. The molecule has 0 aliphatic heterocycles. The number of H-pyrrole nitrogens is 2. The third kappa shape index (κ3) is 4.21. The van der Waals surface area contributed by atoms with E-state index < -0.39 is 0 Å². The summed E-state index contributed by atoms with van der Waals surface area (Å²) in [6, 6.07) is 20.1. The number of hydrogen-bond donors (Lipinski definition) is 2. The number of aromatic amines is 2. The highest BCUT2D eigenvalue weighted by atomic mass is 16.2. The predicted octanol–water partition coefficient (Wildman–Crippen LogP) is 3.59. The van der Waals surface area contributed by atoms with Gasteiger partial charge in [0.05, 0.1) is 0 Å². The van der Waals surface area contributed by atoms with Crippen LogP contribution in [-0.4, -0.2) is 19.5 Å². The van der Waals surface area contributed by atoms with Crippen LogP contribution in [0.3, 0.4) is 0 Å². The van der Waals surface area contributed by atoms with Crippen LogP contribution in [0.2, 0.25) is 0 Å². The molecule has 2 N–H and O–H groups in total. The van der Waals surface area contributed by atoms with E-state index in [1.807, 2.05) is 55.5 Å². The van der Waals surface area contributed by atoms with Gasteiger partial charge in [-0.05, 0) is 37.3 Å². The number of rotatable bonds is 7. The summed E-state index contributed by atoms with van der Waals surface area (Å²) >= 11 is 0. The molecule has 0 bridgehead atoms. The molecule has 0 spiro atoms. The van der Waals surface area contributed by atoms with Gasteiger partial charge in [0.25, 0.3) is 5.56 Å². The molecule has 148 valence electrons. The van der Waals surface area contributed by atoms with Crippen LogP contribution in [0.15, 0.2) is 70.3 Å². The van der Waals surface area contributed by atoms with E-state index in [0.717, 1.165) is 24.8 Å². The van der Waals surface area contributed by atoms with E-state index in [4.69, 9.17) is 0 Å². The predicted molar refractivity (Wildman–Crippen MR) is 114 cm³/mol. The third-order valence-corrected chi connectivity index (χ3v) is 5.21.